The van der Waals surface area contributed by atoms with Crippen molar-refractivity contribution in [2.24, 2.45) is 0 Å². The number of rotatable bonds is 1. The van der Waals surface area contributed by atoms with Crippen LogP contribution in [-0.4, -0.2) is 9.97 Å². The van der Waals surface area contributed by atoms with Gasteiger partial charge in [-0.25, -0.2) is 4.98 Å². The summed E-state index contributed by atoms with van der Waals surface area (Å²) in [5.41, 5.74) is 0.535. The SMILES string of the molecule is Cc1cc(=O)[nH]c(-c2cc(Br)c(Cl)s2)n1. The fourth-order valence-corrected chi connectivity index (χ4v) is 2.81. The lowest BCUT2D eigenvalue weighted by Crippen LogP contribution is -2.07. The van der Waals surface area contributed by atoms with Crippen LogP contribution in [0.25, 0.3) is 10.7 Å². The average molecular weight is 306 g/mol. The van der Waals surface area contributed by atoms with Crippen molar-refractivity contribution in [2.75, 3.05) is 0 Å². The molecule has 0 aliphatic rings. The Morgan fingerprint density at radius 1 is 1.53 bits per heavy atom. The minimum atomic E-state index is -0.154. The van der Waals surface area contributed by atoms with Crippen LogP contribution in [0.5, 0.6) is 0 Å². The molecule has 2 heterocycles. The molecular weight excluding hydrogens is 300 g/mol. The molecule has 0 aliphatic carbocycles. The normalized spacial score (nSPS) is 10.6. The number of aryl methyl sites for hydroxylation is 1. The molecular formula is C9H6BrClN2OS. The lowest BCUT2D eigenvalue weighted by Gasteiger charge is -1.96. The van der Waals surface area contributed by atoms with Crippen LogP contribution in [0.2, 0.25) is 4.34 Å². The van der Waals surface area contributed by atoms with Crippen LogP contribution in [0.3, 0.4) is 0 Å². The molecule has 0 saturated heterocycles. The molecule has 3 nitrogen and oxygen atoms in total. The van der Waals surface area contributed by atoms with Crippen LogP contribution in [0, 0.1) is 6.92 Å². The summed E-state index contributed by atoms with van der Waals surface area (Å²) in [5.74, 6) is 0.553. The van der Waals surface area contributed by atoms with Crippen molar-refractivity contribution in [2.45, 2.75) is 6.92 Å². The smallest absolute Gasteiger partial charge is 0.251 e. The van der Waals surface area contributed by atoms with Gasteiger partial charge in [0, 0.05) is 16.2 Å². The third-order valence-corrected chi connectivity index (χ3v) is 4.23. The Balaban J connectivity index is 2.58. The minimum Gasteiger partial charge on any atom is -0.306 e. The molecule has 1 N–H and O–H groups in total. The number of H-pyrrole nitrogens is 1. The van der Waals surface area contributed by atoms with Gasteiger partial charge in [0.15, 0.2) is 5.82 Å². The van der Waals surface area contributed by atoms with E-state index >= 15 is 0 Å². The van der Waals surface area contributed by atoms with Crippen LogP contribution in [0.1, 0.15) is 5.69 Å². The Labute approximate surface area is 103 Å². The van der Waals surface area contributed by atoms with E-state index in [0.29, 0.717) is 15.9 Å². The van der Waals surface area contributed by atoms with Crippen molar-refractivity contribution in [3.05, 3.63) is 37.0 Å². The predicted octanol–water partition coefficient (Wildman–Crippen LogP) is 3.22. The highest BCUT2D eigenvalue weighted by atomic mass is 79.9. The van der Waals surface area contributed by atoms with Gasteiger partial charge in [-0.1, -0.05) is 11.6 Å². The molecule has 0 atom stereocenters. The number of thiophene rings is 1. The molecule has 0 aromatic carbocycles. The lowest BCUT2D eigenvalue weighted by atomic mass is 10.4. The zero-order valence-corrected chi connectivity index (χ0v) is 10.8. The molecule has 0 saturated carbocycles. The first kappa shape index (κ1) is 10.9. The summed E-state index contributed by atoms with van der Waals surface area (Å²) >= 11 is 10.6. The van der Waals surface area contributed by atoms with Crippen molar-refractivity contribution < 1.29 is 0 Å². The maximum atomic E-state index is 11.2. The van der Waals surface area contributed by atoms with E-state index in [4.69, 9.17) is 11.6 Å². The van der Waals surface area contributed by atoms with Gasteiger partial charge in [0.1, 0.15) is 4.34 Å². The topological polar surface area (TPSA) is 45.8 Å². The molecule has 2 aromatic rings. The van der Waals surface area contributed by atoms with Gasteiger partial charge in [-0.3, -0.25) is 4.79 Å². The molecule has 0 bridgehead atoms. The van der Waals surface area contributed by atoms with E-state index in [0.717, 1.165) is 9.35 Å². The van der Waals surface area contributed by atoms with Crippen molar-refractivity contribution in [3.63, 3.8) is 0 Å². The quantitative estimate of drug-likeness (QED) is 0.879. The van der Waals surface area contributed by atoms with Crippen molar-refractivity contribution in [3.8, 4) is 10.7 Å². The highest BCUT2D eigenvalue weighted by Gasteiger charge is 2.08. The molecule has 0 fully saturated rings. The third-order valence-electron chi connectivity index (χ3n) is 1.75. The zero-order valence-electron chi connectivity index (χ0n) is 7.67. The van der Waals surface area contributed by atoms with Gasteiger partial charge in [0.2, 0.25) is 0 Å². The largest absolute Gasteiger partial charge is 0.306 e. The summed E-state index contributed by atoms with van der Waals surface area (Å²) in [6.07, 6.45) is 0. The molecule has 0 amide bonds. The number of halogens is 2. The van der Waals surface area contributed by atoms with Crippen molar-refractivity contribution in [1.82, 2.24) is 9.97 Å². The van der Waals surface area contributed by atoms with E-state index in [2.05, 4.69) is 25.9 Å². The first-order valence-corrected chi connectivity index (χ1v) is 6.08. The standard InChI is InChI=1S/C9H6BrClN2OS/c1-4-2-7(14)13-9(12-4)6-3-5(10)8(11)15-6/h2-3H,1H3,(H,12,13,14). The lowest BCUT2D eigenvalue weighted by molar-refractivity contribution is 1.08. The van der Waals surface area contributed by atoms with Gasteiger partial charge in [0.25, 0.3) is 5.56 Å². The molecule has 6 heteroatoms. The summed E-state index contributed by atoms with van der Waals surface area (Å²) < 4.78 is 1.46. The second-order valence-electron chi connectivity index (χ2n) is 2.97. The third kappa shape index (κ3) is 2.30. The molecule has 15 heavy (non-hydrogen) atoms. The average Bonchev–Trinajstić information content (AvgIpc) is 2.45. The number of aromatic nitrogens is 2. The number of nitrogens with zero attached hydrogens (tertiary/aromatic N) is 1. The number of hydrogen-bond donors (Lipinski definition) is 1. The van der Waals surface area contributed by atoms with Gasteiger partial charge in [-0.15, -0.1) is 11.3 Å². The Kier molecular flexibility index (Phi) is 2.95. The Morgan fingerprint density at radius 3 is 2.80 bits per heavy atom. The summed E-state index contributed by atoms with van der Waals surface area (Å²) in [7, 11) is 0. The molecule has 2 aromatic heterocycles. The van der Waals surface area contributed by atoms with Crippen molar-refractivity contribution >= 4 is 38.9 Å². The van der Waals surface area contributed by atoms with Gasteiger partial charge in [-0.05, 0) is 28.9 Å². The van der Waals surface area contributed by atoms with E-state index < -0.39 is 0 Å². The highest BCUT2D eigenvalue weighted by Crippen LogP contribution is 2.36. The maximum Gasteiger partial charge on any atom is 0.251 e. The van der Waals surface area contributed by atoms with Crippen LogP contribution in [-0.2, 0) is 0 Å². The molecule has 0 aliphatic heterocycles. The van der Waals surface area contributed by atoms with Crippen LogP contribution < -0.4 is 5.56 Å². The second-order valence-corrected chi connectivity index (χ2v) is 5.48. The Morgan fingerprint density at radius 2 is 2.27 bits per heavy atom. The van der Waals surface area contributed by atoms with E-state index in [1.807, 2.05) is 6.07 Å². The van der Waals surface area contributed by atoms with Crippen LogP contribution >= 0.6 is 38.9 Å². The first-order chi connectivity index (χ1) is 7.06. The molecule has 0 unspecified atom stereocenters. The number of hydrogen-bond acceptors (Lipinski definition) is 3. The minimum absolute atomic E-state index is 0.154. The number of nitrogens with one attached hydrogen (secondary N) is 1. The van der Waals surface area contributed by atoms with E-state index in [-0.39, 0.29) is 5.56 Å². The molecule has 0 radical (unpaired) electrons. The van der Waals surface area contributed by atoms with Crippen LogP contribution in [0.15, 0.2) is 21.4 Å². The summed E-state index contributed by atoms with van der Waals surface area (Å²) in [5, 5.41) is 0. The van der Waals surface area contributed by atoms with Gasteiger partial charge < -0.3 is 4.98 Å². The summed E-state index contributed by atoms with van der Waals surface area (Å²) in [6, 6.07) is 3.29. The Bertz CT molecular complexity index is 544. The molecule has 0 spiro atoms. The summed E-state index contributed by atoms with van der Waals surface area (Å²) in [4.78, 5) is 19.0. The van der Waals surface area contributed by atoms with E-state index in [9.17, 15) is 4.79 Å². The number of aromatic amines is 1. The first-order valence-electron chi connectivity index (χ1n) is 4.09. The van der Waals surface area contributed by atoms with E-state index in [1.165, 1.54) is 17.4 Å². The molecule has 78 valence electrons. The Hall–Kier alpha value is -0.650. The van der Waals surface area contributed by atoms with E-state index in [1.54, 1.807) is 6.92 Å². The predicted molar refractivity (Wildman–Crippen MR) is 65.6 cm³/mol. The van der Waals surface area contributed by atoms with Gasteiger partial charge in [0.05, 0.1) is 4.88 Å². The summed E-state index contributed by atoms with van der Waals surface area (Å²) in [6.45, 7) is 1.78. The maximum absolute atomic E-state index is 11.2. The fraction of sp³-hybridized carbons (Fsp3) is 0.111. The van der Waals surface area contributed by atoms with Crippen molar-refractivity contribution in [1.29, 1.82) is 0 Å². The second kappa shape index (κ2) is 4.08. The van der Waals surface area contributed by atoms with Gasteiger partial charge >= 0.3 is 0 Å². The van der Waals surface area contributed by atoms with Gasteiger partial charge in [-0.2, -0.15) is 0 Å². The highest BCUT2D eigenvalue weighted by molar-refractivity contribution is 9.10. The zero-order chi connectivity index (χ0) is 11.0. The monoisotopic (exact) mass is 304 g/mol. The fourth-order valence-electron chi connectivity index (χ4n) is 1.16. The molecule has 2 rings (SSSR count). The van der Waals surface area contributed by atoms with Crippen LogP contribution in [0.4, 0.5) is 0 Å².